The molecule has 0 aliphatic carbocycles. The first-order valence-corrected chi connectivity index (χ1v) is 10.3. The minimum atomic E-state index is -1.12. The Balaban J connectivity index is 1.81. The number of benzene rings is 3. The lowest BCUT2D eigenvalue weighted by atomic mass is 10.0. The fourth-order valence-electron chi connectivity index (χ4n) is 3.55. The third kappa shape index (κ3) is 4.03. The molecule has 4 rings (SSSR count). The van der Waals surface area contributed by atoms with E-state index in [1.165, 1.54) is 16.3 Å². The van der Waals surface area contributed by atoms with Crippen LogP contribution in [0.5, 0.6) is 0 Å². The lowest BCUT2D eigenvalue weighted by Crippen LogP contribution is -2.24. The van der Waals surface area contributed by atoms with E-state index >= 15 is 0 Å². The number of carbonyl (C=O) groups is 1. The first-order chi connectivity index (χ1) is 14.0. The number of rotatable bonds is 6. The van der Waals surface area contributed by atoms with Crippen molar-refractivity contribution in [2.45, 2.75) is 25.4 Å². The molecule has 0 fully saturated rings. The third-order valence-corrected chi connectivity index (χ3v) is 5.74. The van der Waals surface area contributed by atoms with Gasteiger partial charge in [-0.25, -0.2) is 0 Å². The Morgan fingerprint density at radius 1 is 1.03 bits per heavy atom. The van der Waals surface area contributed by atoms with Gasteiger partial charge < -0.3 is 9.90 Å². The SMILES string of the molecule is Cc1ccc(-n2c(Cc3cccc4ccccc34)nnc2SCC(=O)[O-])c(C)c1. The van der Waals surface area contributed by atoms with E-state index in [1.807, 2.05) is 48.7 Å². The normalized spacial score (nSPS) is 11.1. The number of carboxylic acids is 1. The molecule has 0 atom stereocenters. The highest BCUT2D eigenvalue weighted by Gasteiger charge is 2.17. The number of thioether (sulfide) groups is 1. The van der Waals surface area contributed by atoms with Crippen LogP contribution in [0.3, 0.4) is 0 Å². The second kappa shape index (κ2) is 8.09. The van der Waals surface area contributed by atoms with Crippen molar-refractivity contribution in [2.24, 2.45) is 0 Å². The number of carbonyl (C=O) groups excluding carboxylic acids is 1. The second-order valence-corrected chi connectivity index (χ2v) is 7.94. The molecule has 0 saturated carbocycles. The van der Waals surface area contributed by atoms with Crippen molar-refractivity contribution >= 4 is 28.5 Å². The quantitative estimate of drug-likeness (QED) is 0.462. The monoisotopic (exact) mass is 402 g/mol. The van der Waals surface area contributed by atoms with Gasteiger partial charge in [0, 0.05) is 12.2 Å². The Bertz CT molecular complexity index is 1190. The van der Waals surface area contributed by atoms with Crippen molar-refractivity contribution in [1.29, 1.82) is 0 Å². The lowest BCUT2D eigenvalue weighted by molar-refractivity contribution is -0.301. The fourth-order valence-corrected chi connectivity index (χ4v) is 4.23. The van der Waals surface area contributed by atoms with E-state index in [2.05, 4.69) is 40.5 Å². The number of hydrogen-bond donors (Lipinski definition) is 0. The molecule has 0 aliphatic rings. The molecule has 1 aromatic heterocycles. The number of aromatic nitrogens is 3. The Kier molecular flexibility index (Phi) is 5.36. The molecule has 0 saturated heterocycles. The van der Waals surface area contributed by atoms with Crippen LogP contribution in [0.25, 0.3) is 16.5 Å². The van der Waals surface area contributed by atoms with Gasteiger partial charge in [-0.1, -0.05) is 71.9 Å². The summed E-state index contributed by atoms with van der Waals surface area (Å²) >= 11 is 1.13. The molecule has 5 nitrogen and oxygen atoms in total. The van der Waals surface area contributed by atoms with Crippen molar-refractivity contribution in [3.63, 3.8) is 0 Å². The number of aryl methyl sites for hydroxylation is 2. The minimum absolute atomic E-state index is 0.169. The summed E-state index contributed by atoms with van der Waals surface area (Å²) in [6.07, 6.45) is 0.591. The molecule has 3 aromatic carbocycles. The standard InChI is InChI=1S/C23H21N3O2S/c1-15-10-11-20(16(2)12-15)26-21(24-25-23(26)29-14-22(27)28)13-18-8-5-7-17-6-3-4-9-19(17)18/h3-12H,13-14H2,1-2H3,(H,27,28)/p-1. The van der Waals surface area contributed by atoms with Crippen LogP contribution in [-0.4, -0.2) is 26.5 Å². The fraction of sp³-hybridized carbons (Fsp3) is 0.174. The van der Waals surface area contributed by atoms with Crippen molar-refractivity contribution in [2.75, 3.05) is 5.75 Å². The zero-order chi connectivity index (χ0) is 20.4. The van der Waals surface area contributed by atoms with Gasteiger partial charge in [-0.2, -0.15) is 0 Å². The van der Waals surface area contributed by atoms with Gasteiger partial charge in [0.2, 0.25) is 0 Å². The molecule has 0 bridgehead atoms. The molecule has 0 spiro atoms. The van der Waals surface area contributed by atoms with Gasteiger partial charge in [0.15, 0.2) is 5.16 Å². The average Bonchev–Trinajstić information content (AvgIpc) is 3.09. The van der Waals surface area contributed by atoms with Crippen molar-refractivity contribution in [1.82, 2.24) is 14.8 Å². The highest BCUT2D eigenvalue weighted by Crippen LogP contribution is 2.27. The van der Waals surface area contributed by atoms with Gasteiger partial charge >= 0.3 is 0 Å². The first kappa shape index (κ1) is 19.2. The Morgan fingerprint density at radius 3 is 2.62 bits per heavy atom. The van der Waals surface area contributed by atoms with Crippen LogP contribution >= 0.6 is 11.8 Å². The van der Waals surface area contributed by atoms with E-state index in [4.69, 9.17) is 0 Å². The van der Waals surface area contributed by atoms with Gasteiger partial charge in [0.1, 0.15) is 5.82 Å². The number of aliphatic carboxylic acids is 1. The van der Waals surface area contributed by atoms with Gasteiger partial charge in [-0.05, 0) is 41.8 Å². The van der Waals surface area contributed by atoms with E-state index in [0.717, 1.165) is 34.4 Å². The highest BCUT2D eigenvalue weighted by molar-refractivity contribution is 7.99. The second-order valence-electron chi connectivity index (χ2n) is 7.00. The van der Waals surface area contributed by atoms with Crippen molar-refractivity contribution < 1.29 is 9.90 Å². The summed E-state index contributed by atoms with van der Waals surface area (Å²) in [5.41, 5.74) is 4.35. The Hall–Kier alpha value is -3.12. The first-order valence-electron chi connectivity index (χ1n) is 9.34. The van der Waals surface area contributed by atoms with Crippen LogP contribution in [0.1, 0.15) is 22.5 Å². The average molecular weight is 402 g/mol. The van der Waals surface area contributed by atoms with E-state index in [9.17, 15) is 9.90 Å². The van der Waals surface area contributed by atoms with Gasteiger partial charge in [-0.3, -0.25) is 4.57 Å². The predicted octanol–water partition coefficient (Wildman–Crippen LogP) is 3.47. The van der Waals surface area contributed by atoms with E-state index < -0.39 is 5.97 Å². The lowest BCUT2D eigenvalue weighted by Gasteiger charge is -2.14. The van der Waals surface area contributed by atoms with Gasteiger partial charge in [-0.15, -0.1) is 10.2 Å². The molecule has 0 aliphatic heterocycles. The maximum Gasteiger partial charge on any atom is 0.196 e. The number of hydrogen-bond acceptors (Lipinski definition) is 5. The Morgan fingerprint density at radius 2 is 1.83 bits per heavy atom. The van der Waals surface area contributed by atoms with Crippen molar-refractivity contribution in [3.8, 4) is 5.69 Å². The summed E-state index contributed by atoms with van der Waals surface area (Å²) in [5, 5.41) is 22.6. The van der Waals surface area contributed by atoms with Crippen molar-refractivity contribution in [3.05, 3.63) is 83.2 Å². The maximum absolute atomic E-state index is 11.0. The molecule has 0 N–H and O–H groups in total. The highest BCUT2D eigenvalue weighted by atomic mass is 32.2. The van der Waals surface area contributed by atoms with E-state index in [1.54, 1.807) is 0 Å². The minimum Gasteiger partial charge on any atom is -0.549 e. The molecular weight excluding hydrogens is 382 g/mol. The van der Waals surface area contributed by atoms with Crippen LogP contribution in [-0.2, 0) is 11.2 Å². The summed E-state index contributed by atoms with van der Waals surface area (Å²) in [5.74, 6) is -0.521. The summed E-state index contributed by atoms with van der Waals surface area (Å²) in [7, 11) is 0. The molecule has 0 unspecified atom stereocenters. The summed E-state index contributed by atoms with van der Waals surface area (Å²) in [6.45, 7) is 4.09. The van der Waals surface area contributed by atoms with Crippen LogP contribution < -0.4 is 5.11 Å². The zero-order valence-corrected chi connectivity index (χ0v) is 17.1. The number of nitrogens with zero attached hydrogens (tertiary/aromatic N) is 3. The molecule has 0 amide bonds. The molecule has 29 heavy (non-hydrogen) atoms. The Labute approximate surface area is 173 Å². The van der Waals surface area contributed by atoms with Crippen LogP contribution in [0.2, 0.25) is 0 Å². The number of fused-ring (bicyclic) bond motifs is 1. The van der Waals surface area contributed by atoms with Crippen LogP contribution in [0, 0.1) is 13.8 Å². The molecule has 146 valence electrons. The van der Waals surface area contributed by atoms with Crippen LogP contribution in [0.4, 0.5) is 0 Å². The summed E-state index contributed by atoms with van der Waals surface area (Å²) < 4.78 is 1.96. The number of carboxylic acid groups (broad SMARTS) is 1. The van der Waals surface area contributed by atoms with Crippen LogP contribution in [0.15, 0.2) is 65.8 Å². The van der Waals surface area contributed by atoms with E-state index in [-0.39, 0.29) is 5.75 Å². The topological polar surface area (TPSA) is 70.8 Å². The molecule has 4 aromatic rings. The zero-order valence-electron chi connectivity index (χ0n) is 16.3. The smallest absolute Gasteiger partial charge is 0.196 e. The summed E-state index contributed by atoms with van der Waals surface area (Å²) in [6, 6.07) is 20.7. The predicted molar refractivity (Wildman–Crippen MR) is 113 cm³/mol. The molecular formula is C23H20N3O2S-. The molecule has 0 radical (unpaired) electrons. The molecule has 1 heterocycles. The van der Waals surface area contributed by atoms with E-state index in [0.29, 0.717) is 11.6 Å². The maximum atomic E-state index is 11.0. The molecule has 6 heteroatoms. The summed E-state index contributed by atoms with van der Waals surface area (Å²) in [4.78, 5) is 11.0. The third-order valence-electron chi connectivity index (χ3n) is 4.84. The van der Waals surface area contributed by atoms with Gasteiger partial charge in [0.05, 0.1) is 11.7 Å². The van der Waals surface area contributed by atoms with Gasteiger partial charge in [0.25, 0.3) is 0 Å². The largest absolute Gasteiger partial charge is 0.549 e.